The first-order valence-corrected chi connectivity index (χ1v) is 6.79. The van der Waals surface area contributed by atoms with Gasteiger partial charge in [0.15, 0.2) is 0 Å². The molecule has 0 aliphatic carbocycles. The summed E-state index contributed by atoms with van der Waals surface area (Å²) >= 11 is 5.67. The topological polar surface area (TPSA) is 40.5 Å². The molecule has 0 bridgehead atoms. The van der Waals surface area contributed by atoms with Crippen molar-refractivity contribution in [3.8, 4) is 0 Å². The molecule has 1 saturated heterocycles. The van der Waals surface area contributed by atoms with Crippen LogP contribution in [-0.4, -0.2) is 35.1 Å². The standard InChI is InChI=1S/C14H17ClFNO2/c1-9(18)10-4-6-17(7-5-10)14(19)12-3-2-11(15)8-13(12)16/h2-3,8-10,18H,4-7H2,1H3. The second kappa shape index (κ2) is 5.88. The minimum atomic E-state index is -0.588. The highest BCUT2D eigenvalue weighted by atomic mass is 35.5. The van der Waals surface area contributed by atoms with Crippen LogP contribution in [0.1, 0.15) is 30.1 Å². The first-order valence-electron chi connectivity index (χ1n) is 6.41. The van der Waals surface area contributed by atoms with E-state index in [4.69, 9.17) is 11.6 Å². The van der Waals surface area contributed by atoms with Crippen LogP contribution in [0.3, 0.4) is 0 Å². The summed E-state index contributed by atoms with van der Waals surface area (Å²) in [6, 6.07) is 4.08. The molecule has 2 rings (SSSR count). The van der Waals surface area contributed by atoms with Crippen molar-refractivity contribution < 1.29 is 14.3 Å². The van der Waals surface area contributed by atoms with Gasteiger partial charge < -0.3 is 10.0 Å². The van der Waals surface area contributed by atoms with E-state index >= 15 is 0 Å². The lowest BCUT2D eigenvalue weighted by molar-refractivity contribution is 0.0518. The Balaban J connectivity index is 2.05. The van der Waals surface area contributed by atoms with E-state index in [0.29, 0.717) is 13.1 Å². The van der Waals surface area contributed by atoms with E-state index in [9.17, 15) is 14.3 Å². The number of rotatable bonds is 2. The normalized spacial score (nSPS) is 18.4. The number of likely N-dealkylation sites (tertiary alicyclic amines) is 1. The largest absolute Gasteiger partial charge is 0.393 e. The molecule has 1 unspecified atom stereocenters. The molecule has 3 nitrogen and oxygen atoms in total. The molecule has 0 saturated carbocycles. The van der Waals surface area contributed by atoms with Gasteiger partial charge >= 0.3 is 0 Å². The zero-order valence-electron chi connectivity index (χ0n) is 10.8. The van der Waals surface area contributed by atoms with Gasteiger partial charge in [-0.25, -0.2) is 4.39 Å². The minimum absolute atomic E-state index is 0.0555. The molecule has 1 N–H and O–H groups in total. The Morgan fingerprint density at radius 2 is 2.11 bits per heavy atom. The van der Waals surface area contributed by atoms with E-state index in [1.807, 2.05) is 0 Å². The molecule has 1 aliphatic rings. The van der Waals surface area contributed by atoms with Crippen LogP contribution in [0.2, 0.25) is 5.02 Å². The summed E-state index contributed by atoms with van der Waals surface area (Å²) in [5, 5.41) is 9.80. The summed E-state index contributed by atoms with van der Waals surface area (Å²) in [7, 11) is 0. The van der Waals surface area contributed by atoms with Crippen molar-refractivity contribution in [2.45, 2.75) is 25.9 Å². The van der Waals surface area contributed by atoms with Gasteiger partial charge in [-0.1, -0.05) is 11.6 Å². The maximum Gasteiger partial charge on any atom is 0.256 e. The molecule has 19 heavy (non-hydrogen) atoms. The minimum Gasteiger partial charge on any atom is -0.393 e. The van der Waals surface area contributed by atoms with Gasteiger partial charge in [-0.15, -0.1) is 0 Å². The number of aliphatic hydroxyl groups excluding tert-OH is 1. The quantitative estimate of drug-likeness (QED) is 0.908. The van der Waals surface area contributed by atoms with Crippen molar-refractivity contribution in [2.24, 2.45) is 5.92 Å². The van der Waals surface area contributed by atoms with Crippen LogP contribution in [0.4, 0.5) is 4.39 Å². The van der Waals surface area contributed by atoms with Gasteiger partial charge in [0, 0.05) is 18.1 Å². The SMILES string of the molecule is CC(O)C1CCN(C(=O)c2ccc(Cl)cc2F)CC1. The van der Waals surface area contributed by atoms with E-state index in [-0.39, 0.29) is 28.5 Å². The predicted octanol–water partition coefficient (Wildman–Crippen LogP) is 2.71. The molecule has 0 spiro atoms. The van der Waals surface area contributed by atoms with Gasteiger partial charge in [0.2, 0.25) is 0 Å². The Morgan fingerprint density at radius 1 is 1.47 bits per heavy atom. The van der Waals surface area contributed by atoms with Crippen molar-refractivity contribution in [3.05, 3.63) is 34.6 Å². The molecule has 0 radical (unpaired) electrons. The lowest BCUT2D eigenvalue weighted by Crippen LogP contribution is -2.41. The van der Waals surface area contributed by atoms with Crippen molar-refractivity contribution in [3.63, 3.8) is 0 Å². The monoisotopic (exact) mass is 285 g/mol. The van der Waals surface area contributed by atoms with E-state index < -0.39 is 5.82 Å². The Bertz CT molecular complexity index is 471. The number of nitrogens with zero attached hydrogens (tertiary/aromatic N) is 1. The van der Waals surface area contributed by atoms with Crippen molar-refractivity contribution >= 4 is 17.5 Å². The number of halogens is 2. The van der Waals surface area contributed by atoms with E-state index in [0.717, 1.165) is 18.9 Å². The summed E-state index contributed by atoms with van der Waals surface area (Å²) in [6.07, 6.45) is 1.14. The first-order chi connectivity index (χ1) is 8.99. The van der Waals surface area contributed by atoms with Crippen LogP contribution in [0.5, 0.6) is 0 Å². The molecule has 1 atom stereocenters. The van der Waals surface area contributed by atoms with Crippen LogP contribution in [0, 0.1) is 11.7 Å². The Labute approximate surface area is 117 Å². The van der Waals surface area contributed by atoms with E-state index in [1.54, 1.807) is 11.8 Å². The molecule has 104 valence electrons. The second-order valence-electron chi connectivity index (χ2n) is 4.99. The number of benzene rings is 1. The maximum atomic E-state index is 13.7. The van der Waals surface area contributed by atoms with Gasteiger partial charge in [0.1, 0.15) is 5.82 Å². The average molecular weight is 286 g/mol. The van der Waals surface area contributed by atoms with Crippen LogP contribution in [-0.2, 0) is 0 Å². The fourth-order valence-corrected chi connectivity index (χ4v) is 2.58. The number of aliphatic hydroxyl groups is 1. The molecular formula is C14H17ClFNO2. The van der Waals surface area contributed by atoms with Gasteiger partial charge in [-0.3, -0.25) is 4.79 Å². The van der Waals surface area contributed by atoms with Gasteiger partial charge in [0.05, 0.1) is 11.7 Å². The molecule has 1 aromatic rings. The highest BCUT2D eigenvalue weighted by molar-refractivity contribution is 6.30. The Hall–Kier alpha value is -1.13. The maximum absolute atomic E-state index is 13.7. The average Bonchev–Trinajstić information content (AvgIpc) is 2.38. The van der Waals surface area contributed by atoms with Crippen molar-refractivity contribution in [1.29, 1.82) is 0 Å². The molecule has 0 aromatic heterocycles. The third-order valence-corrected chi connectivity index (χ3v) is 3.91. The third kappa shape index (κ3) is 3.25. The lowest BCUT2D eigenvalue weighted by Gasteiger charge is -2.33. The number of piperidine rings is 1. The van der Waals surface area contributed by atoms with Crippen molar-refractivity contribution in [2.75, 3.05) is 13.1 Å². The number of carbonyl (C=O) groups excluding carboxylic acids is 1. The van der Waals surface area contributed by atoms with Crippen LogP contribution < -0.4 is 0 Å². The van der Waals surface area contributed by atoms with Crippen molar-refractivity contribution in [1.82, 2.24) is 4.90 Å². The molecule has 1 aliphatic heterocycles. The van der Waals surface area contributed by atoms with Gasteiger partial charge in [0.25, 0.3) is 5.91 Å². The summed E-state index contributed by atoms with van der Waals surface area (Å²) in [5.74, 6) is -0.674. The Kier molecular flexibility index (Phi) is 4.42. The number of carbonyl (C=O) groups is 1. The lowest BCUT2D eigenvalue weighted by atomic mass is 9.92. The third-order valence-electron chi connectivity index (χ3n) is 3.67. The highest BCUT2D eigenvalue weighted by Gasteiger charge is 2.27. The summed E-state index contributed by atoms with van der Waals surface area (Å²) in [5.41, 5.74) is 0.0555. The zero-order valence-corrected chi connectivity index (χ0v) is 11.5. The molecule has 1 heterocycles. The summed E-state index contributed by atoms with van der Waals surface area (Å²) in [6.45, 7) is 2.87. The molecule has 5 heteroatoms. The molecular weight excluding hydrogens is 269 g/mol. The molecule has 1 amide bonds. The fourth-order valence-electron chi connectivity index (χ4n) is 2.42. The summed E-state index contributed by atoms with van der Waals surface area (Å²) < 4.78 is 13.7. The number of amides is 1. The fraction of sp³-hybridized carbons (Fsp3) is 0.500. The molecule has 1 aromatic carbocycles. The van der Waals surface area contributed by atoms with E-state index in [1.165, 1.54) is 12.1 Å². The smallest absolute Gasteiger partial charge is 0.256 e. The number of hydrogen-bond donors (Lipinski definition) is 1. The van der Waals surface area contributed by atoms with E-state index in [2.05, 4.69) is 0 Å². The van der Waals surface area contributed by atoms with Gasteiger partial charge in [-0.05, 0) is 43.9 Å². The van der Waals surface area contributed by atoms with Crippen LogP contribution >= 0.6 is 11.6 Å². The van der Waals surface area contributed by atoms with Crippen LogP contribution in [0.15, 0.2) is 18.2 Å². The Morgan fingerprint density at radius 3 is 2.63 bits per heavy atom. The number of hydrogen-bond acceptors (Lipinski definition) is 2. The predicted molar refractivity (Wildman–Crippen MR) is 71.7 cm³/mol. The highest BCUT2D eigenvalue weighted by Crippen LogP contribution is 2.23. The van der Waals surface area contributed by atoms with Gasteiger partial charge in [-0.2, -0.15) is 0 Å². The first kappa shape index (κ1) is 14.3. The second-order valence-corrected chi connectivity index (χ2v) is 5.43. The molecule has 1 fully saturated rings. The zero-order chi connectivity index (χ0) is 14.0. The summed E-state index contributed by atoms with van der Waals surface area (Å²) in [4.78, 5) is 13.8. The van der Waals surface area contributed by atoms with Crippen LogP contribution in [0.25, 0.3) is 0 Å².